The summed E-state index contributed by atoms with van der Waals surface area (Å²) in [5.41, 5.74) is 6.68. The molecule has 100 valence electrons. The van der Waals surface area contributed by atoms with E-state index in [1.807, 2.05) is 6.07 Å². The van der Waals surface area contributed by atoms with Crippen LogP contribution in [0.2, 0.25) is 0 Å². The van der Waals surface area contributed by atoms with Crippen molar-refractivity contribution in [3.05, 3.63) is 29.6 Å². The summed E-state index contributed by atoms with van der Waals surface area (Å²) in [6.45, 7) is 3.70. The maximum Gasteiger partial charge on any atom is 0.146 e. The molecule has 3 nitrogen and oxygen atoms in total. The fourth-order valence-electron chi connectivity index (χ4n) is 2.59. The Hall–Kier alpha value is -1.13. The minimum absolute atomic E-state index is 0.217. The van der Waals surface area contributed by atoms with Crippen molar-refractivity contribution in [2.24, 2.45) is 5.92 Å². The summed E-state index contributed by atoms with van der Waals surface area (Å²) in [4.78, 5) is 2.36. The molecule has 1 heterocycles. The fraction of sp³-hybridized carbons (Fsp3) is 0.571. The molecule has 0 amide bonds. The number of ether oxygens (including phenoxy) is 1. The van der Waals surface area contributed by atoms with Gasteiger partial charge in [-0.3, -0.25) is 4.90 Å². The normalized spacial score (nSPS) is 21.1. The van der Waals surface area contributed by atoms with Crippen molar-refractivity contribution < 1.29 is 9.13 Å². The molecular formula is C14H21FN2O. The van der Waals surface area contributed by atoms with Gasteiger partial charge in [0.2, 0.25) is 0 Å². The van der Waals surface area contributed by atoms with Crippen LogP contribution in [0.1, 0.15) is 18.4 Å². The molecule has 1 saturated heterocycles. The van der Waals surface area contributed by atoms with Gasteiger partial charge in [0.25, 0.3) is 0 Å². The van der Waals surface area contributed by atoms with Gasteiger partial charge in [0.1, 0.15) is 5.82 Å². The lowest BCUT2D eigenvalue weighted by molar-refractivity contribution is 0.0873. The zero-order valence-corrected chi connectivity index (χ0v) is 10.9. The van der Waals surface area contributed by atoms with Crippen LogP contribution in [0.4, 0.5) is 10.1 Å². The van der Waals surface area contributed by atoms with E-state index < -0.39 is 0 Å². The summed E-state index contributed by atoms with van der Waals surface area (Å²) in [5.74, 6) is 0.278. The van der Waals surface area contributed by atoms with Gasteiger partial charge >= 0.3 is 0 Å². The molecule has 1 aromatic rings. The summed E-state index contributed by atoms with van der Waals surface area (Å²) in [6, 6.07) is 5.08. The number of rotatable bonds is 4. The van der Waals surface area contributed by atoms with E-state index in [0.29, 0.717) is 5.92 Å². The molecule has 1 fully saturated rings. The summed E-state index contributed by atoms with van der Waals surface area (Å²) in [5, 5.41) is 0. The third-order valence-electron chi connectivity index (χ3n) is 3.48. The van der Waals surface area contributed by atoms with Crippen molar-refractivity contribution in [3.8, 4) is 0 Å². The van der Waals surface area contributed by atoms with E-state index in [2.05, 4.69) is 4.90 Å². The van der Waals surface area contributed by atoms with Crippen LogP contribution in [0.15, 0.2) is 18.2 Å². The Kier molecular flexibility index (Phi) is 4.55. The molecule has 1 atom stereocenters. The SMILES string of the molecule is COCC1CCCN(Cc2ccc(N)c(F)c2)C1. The van der Waals surface area contributed by atoms with Crippen LogP contribution in [0, 0.1) is 11.7 Å². The number of hydrogen-bond acceptors (Lipinski definition) is 3. The molecule has 0 spiro atoms. The Morgan fingerprint density at radius 1 is 1.50 bits per heavy atom. The Morgan fingerprint density at radius 3 is 3.06 bits per heavy atom. The van der Waals surface area contributed by atoms with Crippen LogP contribution in [0.5, 0.6) is 0 Å². The standard InChI is InChI=1S/C14H21FN2O/c1-18-10-12-3-2-6-17(9-12)8-11-4-5-14(16)13(15)7-11/h4-5,7,12H,2-3,6,8-10,16H2,1H3. The third-order valence-corrected chi connectivity index (χ3v) is 3.48. The largest absolute Gasteiger partial charge is 0.396 e. The highest BCUT2D eigenvalue weighted by atomic mass is 19.1. The molecule has 0 aliphatic carbocycles. The maximum atomic E-state index is 13.4. The zero-order chi connectivity index (χ0) is 13.0. The fourth-order valence-corrected chi connectivity index (χ4v) is 2.59. The number of hydrogen-bond donors (Lipinski definition) is 1. The number of likely N-dealkylation sites (tertiary alicyclic amines) is 1. The Bertz CT molecular complexity index is 395. The molecule has 1 aliphatic heterocycles. The van der Waals surface area contributed by atoms with Gasteiger partial charge in [-0.15, -0.1) is 0 Å². The van der Waals surface area contributed by atoms with E-state index in [9.17, 15) is 4.39 Å². The van der Waals surface area contributed by atoms with Crippen molar-refractivity contribution >= 4 is 5.69 Å². The first kappa shape index (κ1) is 13.3. The second-order valence-electron chi connectivity index (χ2n) is 5.05. The lowest BCUT2D eigenvalue weighted by Gasteiger charge is -2.32. The Morgan fingerprint density at radius 2 is 2.33 bits per heavy atom. The average Bonchev–Trinajstić information content (AvgIpc) is 2.35. The van der Waals surface area contributed by atoms with Crippen LogP contribution in [-0.4, -0.2) is 31.7 Å². The summed E-state index contributed by atoms with van der Waals surface area (Å²) < 4.78 is 18.6. The van der Waals surface area contributed by atoms with Gasteiger partial charge in [0, 0.05) is 20.2 Å². The molecule has 4 heteroatoms. The van der Waals surface area contributed by atoms with E-state index in [0.717, 1.165) is 31.8 Å². The van der Waals surface area contributed by atoms with Crippen LogP contribution in [0.25, 0.3) is 0 Å². The highest BCUT2D eigenvalue weighted by Crippen LogP contribution is 2.20. The van der Waals surface area contributed by atoms with Gasteiger partial charge in [0.15, 0.2) is 0 Å². The van der Waals surface area contributed by atoms with E-state index in [-0.39, 0.29) is 11.5 Å². The Labute approximate surface area is 108 Å². The van der Waals surface area contributed by atoms with E-state index >= 15 is 0 Å². The first-order chi connectivity index (χ1) is 8.69. The zero-order valence-electron chi connectivity index (χ0n) is 10.9. The number of nitrogens with two attached hydrogens (primary N) is 1. The van der Waals surface area contributed by atoms with Gasteiger partial charge in [-0.05, 0) is 43.0 Å². The first-order valence-corrected chi connectivity index (χ1v) is 6.44. The predicted octanol–water partition coefficient (Wildman–Crippen LogP) is 2.27. The van der Waals surface area contributed by atoms with Crippen molar-refractivity contribution in [2.45, 2.75) is 19.4 Å². The number of methoxy groups -OCH3 is 1. The predicted molar refractivity (Wildman–Crippen MR) is 70.7 cm³/mol. The monoisotopic (exact) mass is 252 g/mol. The average molecular weight is 252 g/mol. The second kappa shape index (κ2) is 6.16. The van der Waals surface area contributed by atoms with Crippen molar-refractivity contribution in [2.75, 3.05) is 32.5 Å². The molecule has 18 heavy (non-hydrogen) atoms. The Balaban J connectivity index is 1.93. The number of nitrogens with zero attached hydrogens (tertiary/aromatic N) is 1. The van der Waals surface area contributed by atoms with E-state index in [4.69, 9.17) is 10.5 Å². The smallest absolute Gasteiger partial charge is 0.146 e. The number of anilines is 1. The van der Waals surface area contributed by atoms with E-state index in [1.165, 1.54) is 18.9 Å². The second-order valence-corrected chi connectivity index (χ2v) is 5.05. The lowest BCUT2D eigenvalue weighted by atomic mass is 9.98. The number of piperidine rings is 1. The van der Waals surface area contributed by atoms with Gasteiger partial charge in [-0.25, -0.2) is 4.39 Å². The van der Waals surface area contributed by atoms with Crippen LogP contribution in [0.3, 0.4) is 0 Å². The third kappa shape index (κ3) is 3.43. The van der Waals surface area contributed by atoms with Gasteiger partial charge in [0.05, 0.1) is 12.3 Å². The van der Waals surface area contributed by atoms with Crippen molar-refractivity contribution in [1.82, 2.24) is 4.90 Å². The highest BCUT2D eigenvalue weighted by Gasteiger charge is 2.19. The van der Waals surface area contributed by atoms with Crippen molar-refractivity contribution in [3.63, 3.8) is 0 Å². The number of halogens is 1. The molecule has 0 saturated carbocycles. The molecule has 1 aromatic carbocycles. The molecule has 0 bridgehead atoms. The molecule has 0 aromatic heterocycles. The minimum Gasteiger partial charge on any atom is -0.396 e. The summed E-state index contributed by atoms with van der Waals surface area (Å²) in [6.07, 6.45) is 2.41. The van der Waals surface area contributed by atoms with Gasteiger partial charge in [-0.2, -0.15) is 0 Å². The molecule has 2 rings (SSSR count). The maximum absolute atomic E-state index is 13.4. The lowest BCUT2D eigenvalue weighted by Crippen LogP contribution is -2.36. The quantitative estimate of drug-likeness (QED) is 0.835. The van der Waals surface area contributed by atoms with Crippen molar-refractivity contribution in [1.29, 1.82) is 0 Å². The van der Waals surface area contributed by atoms with E-state index in [1.54, 1.807) is 13.2 Å². The molecule has 1 unspecified atom stereocenters. The number of benzene rings is 1. The van der Waals surface area contributed by atoms with Crippen LogP contribution < -0.4 is 5.73 Å². The topological polar surface area (TPSA) is 38.5 Å². The first-order valence-electron chi connectivity index (χ1n) is 6.44. The minimum atomic E-state index is -0.321. The van der Waals surface area contributed by atoms with Gasteiger partial charge in [-0.1, -0.05) is 6.07 Å². The molecule has 1 aliphatic rings. The highest BCUT2D eigenvalue weighted by molar-refractivity contribution is 5.41. The number of nitrogen functional groups attached to an aromatic ring is 1. The molecule has 2 N–H and O–H groups in total. The summed E-state index contributed by atoms with van der Waals surface area (Å²) >= 11 is 0. The molecule has 0 radical (unpaired) electrons. The molecular weight excluding hydrogens is 231 g/mol. The van der Waals surface area contributed by atoms with Gasteiger partial charge < -0.3 is 10.5 Å². The van der Waals surface area contributed by atoms with Crippen LogP contribution >= 0.6 is 0 Å². The van der Waals surface area contributed by atoms with Crippen LogP contribution in [-0.2, 0) is 11.3 Å². The summed E-state index contributed by atoms with van der Waals surface area (Å²) in [7, 11) is 1.74.